The van der Waals surface area contributed by atoms with E-state index in [9.17, 15) is 9.90 Å². The summed E-state index contributed by atoms with van der Waals surface area (Å²) in [6, 6.07) is 31.3. The van der Waals surface area contributed by atoms with Crippen LogP contribution in [0, 0.1) is 11.3 Å². The van der Waals surface area contributed by atoms with Crippen LogP contribution in [0.1, 0.15) is 70.1 Å². The molecule has 3 heterocycles. The fourth-order valence-electron chi connectivity index (χ4n) is 6.12. The maximum Gasteiger partial charge on any atom is 0.346 e. The highest BCUT2D eigenvalue weighted by atomic mass is 32.1. The number of unbranched alkanes of at least 4 members (excludes halogenated alkanes) is 6. The number of aliphatic carboxylic acids is 1. The van der Waals surface area contributed by atoms with Crippen molar-refractivity contribution in [1.82, 2.24) is 4.57 Å². The van der Waals surface area contributed by atoms with E-state index in [4.69, 9.17) is 14.7 Å². The summed E-state index contributed by atoms with van der Waals surface area (Å²) in [4.78, 5) is 15.3. The number of fused-ring (bicyclic) bond motifs is 3. The van der Waals surface area contributed by atoms with Gasteiger partial charge in [0.25, 0.3) is 0 Å². The first-order chi connectivity index (χ1) is 24.5. The summed E-state index contributed by atoms with van der Waals surface area (Å²) >= 11 is 3.16. The van der Waals surface area contributed by atoms with Crippen molar-refractivity contribution in [3.05, 3.63) is 95.4 Å². The fraction of sp³-hybridized carbons (Fsp3) is 0.286. The van der Waals surface area contributed by atoms with E-state index in [1.807, 2.05) is 12.1 Å². The lowest BCUT2D eigenvalue weighted by atomic mass is 10.1. The first-order valence-corrected chi connectivity index (χ1v) is 19.1. The monoisotopic (exact) mass is 702 g/mol. The number of aromatic nitrogens is 1. The number of benzene rings is 3. The Labute approximate surface area is 301 Å². The highest BCUT2D eigenvalue weighted by molar-refractivity contribution is 7.24. The van der Waals surface area contributed by atoms with Gasteiger partial charge in [-0.15, -0.1) is 22.7 Å². The van der Waals surface area contributed by atoms with Crippen LogP contribution >= 0.6 is 22.7 Å². The molecule has 3 aromatic heterocycles. The van der Waals surface area contributed by atoms with Crippen LogP contribution in [0.3, 0.4) is 0 Å². The maximum atomic E-state index is 11.3. The summed E-state index contributed by atoms with van der Waals surface area (Å²) in [5, 5.41) is 20.6. The van der Waals surface area contributed by atoms with Crippen LogP contribution in [0.15, 0.2) is 90.5 Å². The van der Waals surface area contributed by atoms with Gasteiger partial charge in [-0.3, -0.25) is 0 Å². The predicted octanol–water partition coefficient (Wildman–Crippen LogP) is 12.2. The highest BCUT2D eigenvalue weighted by Gasteiger charge is 2.16. The minimum atomic E-state index is -1.22. The van der Waals surface area contributed by atoms with Crippen LogP contribution in [-0.2, 0) is 4.79 Å². The van der Waals surface area contributed by atoms with E-state index < -0.39 is 5.97 Å². The molecule has 3 aromatic carbocycles. The van der Waals surface area contributed by atoms with Gasteiger partial charge in [-0.1, -0.05) is 64.5 Å². The number of carboxylic acids is 1. The Morgan fingerprint density at radius 1 is 0.720 bits per heavy atom. The third-order valence-corrected chi connectivity index (χ3v) is 11.1. The first-order valence-electron chi connectivity index (χ1n) is 17.5. The number of rotatable bonds is 17. The molecule has 6 rings (SSSR count). The van der Waals surface area contributed by atoms with Gasteiger partial charge in [0.2, 0.25) is 0 Å². The molecule has 6 nitrogen and oxygen atoms in total. The molecule has 1 N–H and O–H groups in total. The zero-order valence-corrected chi connectivity index (χ0v) is 30.2. The van der Waals surface area contributed by atoms with Crippen molar-refractivity contribution in [2.75, 3.05) is 13.2 Å². The minimum absolute atomic E-state index is 0.272. The number of nitriles is 1. The molecule has 0 amide bonds. The molecule has 0 aliphatic carbocycles. The van der Waals surface area contributed by atoms with Gasteiger partial charge < -0.3 is 19.1 Å². The van der Waals surface area contributed by atoms with Crippen molar-refractivity contribution < 1.29 is 19.4 Å². The molecule has 0 fully saturated rings. The van der Waals surface area contributed by atoms with E-state index in [2.05, 4.69) is 91.2 Å². The second-order valence-electron chi connectivity index (χ2n) is 12.4. The third kappa shape index (κ3) is 8.13. The van der Waals surface area contributed by atoms with Crippen LogP contribution in [-0.4, -0.2) is 28.9 Å². The van der Waals surface area contributed by atoms with Crippen molar-refractivity contribution >= 4 is 56.5 Å². The Morgan fingerprint density at radius 3 is 1.84 bits per heavy atom. The number of carbonyl (C=O) groups is 1. The number of thiophene rings is 2. The number of hydrogen-bond acceptors (Lipinski definition) is 6. The van der Waals surface area contributed by atoms with Crippen LogP contribution in [0.4, 0.5) is 0 Å². The van der Waals surface area contributed by atoms with Crippen molar-refractivity contribution in [3.8, 4) is 43.5 Å². The van der Waals surface area contributed by atoms with Gasteiger partial charge in [0, 0.05) is 36.0 Å². The summed E-state index contributed by atoms with van der Waals surface area (Å²) in [7, 11) is 0. The molecule has 0 aliphatic heterocycles. The summed E-state index contributed by atoms with van der Waals surface area (Å²) in [5.41, 5.74) is 4.17. The second kappa shape index (κ2) is 16.7. The molecule has 0 radical (unpaired) electrons. The van der Waals surface area contributed by atoms with Gasteiger partial charge in [0.05, 0.1) is 24.2 Å². The number of nitrogens with zero attached hydrogens (tertiary/aromatic N) is 2. The first kappa shape index (κ1) is 35.0. The van der Waals surface area contributed by atoms with Crippen molar-refractivity contribution in [2.45, 2.75) is 65.2 Å². The van der Waals surface area contributed by atoms with Gasteiger partial charge >= 0.3 is 5.97 Å². The van der Waals surface area contributed by atoms with E-state index in [0.29, 0.717) is 0 Å². The highest BCUT2D eigenvalue weighted by Crippen LogP contribution is 2.40. The van der Waals surface area contributed by atoms with Gasteiger partial charge in [-0.25, -0.2) is 4.79 Å². The van der Waals surface area contributed by atoms with Gasteiger partial charge in [-0.2, -0.15) is 5.26 Å². The molecular weight excluding hydrogens is 661 g/mol. The standard InChI is InChI=1S/C42H42N2O4S2/c1-3-5-7-9-23-47-32-15-18-37-35(26-32)36-27-33(48-24-10-8-6-4-2)16-19-38(36)44(37)31-13-11-29(12-14-31)39-21-22-41(50-39)40-20-17-34(49-40)25-30(28-43)42(45)46/h11-22,25-27H,3-10,23-24H2,1-2H3,(H,45,46)/b30-25-. The minimum Gasteiger partial charge on any atom is -0.494 e. The molecule has 0 atom stereocenters. The van der Waals surface area contributed by atoms with Crippen molar-refractivity contribution in [3.63, 3.8) is 0 Å². The Bertz CT molecular complexity index is 2070. The van der Waals surface area contributed by atoms with Crippen LogP contribution in [0.2, 0.25) is 0 Å². The second-order valence-corrected chi connectivity index (χ2v) is 14.6. The lowest BCUT2D eigenvalue weighted by Crippen LogP contribution is -1.97. The van der Waals surface area contributed by atoms with Crippen molar-refractivity contribution in [2.24, 2.45) is 0 Å². The smallest absolute Gasteiger partial charge is 0.346 e. The molecule has 0 bridgehead atoms. The average Bonchev–Trinajstić information content (AvgIpc) is 3.88. The van der Waals surface area contributed by atoms with Crippen LogP contribution in [0.25, 0.3) is 53.8 Å². The summed E-state index contributed by atoms with van der Waals surface area (Å²) in [6.45, 7) is 5.89. The van der Waals surface area contributed by atoms with Gasteiger partial charge in [0.15, 0.2) is 0 Å². The van der Waals surface area contributed by atoms with Crippen LogP contribution in [0.5, 0.6) is 11.5 Å². The van der Waals surface area contributed by atoms with Gasteiger partial charge in [0.1, 0.15) is 23.1 Å². The normalized spacial score (nSPS) is 11.7. The Kier molecular flexibility index (Phi) is 11.7. The van der Waals surface area contributed by atoms with Crippen molar-refractivity contribution in [1.29, 1.82) is 5.26 Å². The molecule has 50 heavy (non-hydrogen) atoms. The zero-order chi connectivity index (χ0) is 34.9. The van der Waals surface area contributed by atoms with Gasteiger partial charge in [-0.05, 0) is 97.3 Å². The summed E-state index contributed by atoms with van der Waals surface area (Å²) in [6.07, 6.45) is 10.8. The Hall–Kier alpha value is -4.84. The Morgan fingerprint density at radius 2 is 1.28 bits per heavy atom. The largest absolute Gasteiger partial charge is 0.494 e. The maximum absolute atomic E-state index is 11.3. The lowest BCUT2D eigenvalue weighted by molar-refractivity contribution is -0.132. The van der Waals surface area contributed by atoms with E-state index in [0.717, 1.165) is 90.1 Å². The molecule has 0 aliphatic rings. The molecular formula is C42H42N2O4S2. The van der Waals surface area contributed by atoms with E-state index >= 15 is 0 Å². The number of carboxylic acid groups (broad SMARTS) is 1. The molecule has 0 saturated carbocycles. The molecule has 256 valence electrons. The zero-order valence-electron chi connectivity index (χ0n) is 28.6. The SMILES string of the molecule is CCCCCCOc1ccc2c(c1)c1cc(OCCCCCC)ccc1n2-c1ccc(-c2ccc(-c3ccc(/C=C(/C#N)C(=O)O)s3)s2)cc1. The average molecular weight is 703 g/mol. The molecule has 0 unspecified atom stereocenters. The fourth-order valence-corrected chi connectivity index (χ4v) is 8.18. The topological polar surface area (TPSA) is 84.5 Å². The van der Waals surface area contributed by atoms with E-state index in [1.54, 1.807) is 17.4 Å². The van der Waals surface area contributed by atoms with E-state index in [1.165, 1.54) is 55.9 Å². The van der Waals surface area contributed by atoms with Crippen LogP contribution < -0.4 is 9.47 Å². The molecule has 6 aromatic rings. The lowest BCUT2D eigenvalue weighted by Gasteiger charge is -2.10. The molecule has 0 spiro atoms. The predicted molar refractivity (Wildman–Crippen MR) is 208 cm³/mol. The number of ether oxygens (including phenoxy) is 2. The molecule has 0 saturated heterocycles. The third-order valence-electron chi connectivity index (χ3n) is 8.76. The summed E-state index contributed by atoms with van der Waals surface area (Å²) in [5.74, 6) is 0.567. The number of hydrogen-bond donors (Lipinski definition) is 1. The summed E-state index contributed by atoms with van der Waals surface area (Å²) < 4.78 is 14.7. The quantitative estimate of drug-likeness (QED) is 0.0581. The Balaban J connectivity index is 1.28. The molecule has 8 heteroatoms. The van der Waals surface area contributed by atoms with E-state index in [-0.39, 0.29) is 5.57 Å².